The number of ether oxygens (including phenoxy) is 3. The van der Waals surface area contributed by atoms with E-state index in [0.717, 1.165) is 25.7 Å². The summed E-state index contributed by atoms with van der Waals surface area (Å²) < 4.78 is 18.1. The van der Waals surface area contributed by atoms with Crippen LogP contribution in [0.1, 0.15) is 85.5 Å². The Balaban J connectivity index is 1.76. The van der Waals surface area contributed by atoms with Crippen LogP contribution in [0, 0.1) is 18.3 Å². The Morgan fingerprint density at radius 1 is 0.857 bits per heavy atom. The molecule has 0 aromatic heterocycles. The molecule has 0 fully saturated rings. The van der Waals surface area contributed by atoms with E-state index in [1.165, 1.54) is 25.3 Å². The molecule has 5 amide bonds. The van der Waals surface area contributed by atoms with Crippen molar-refractivity contribution in [3.63, 3.8) is 0 Å². The summed E-state index contributed by atoms with van der Waals surface area (Å²) in [5.41, 5.74) is 20.6. The number of amides is 5. The number of hydrogen-bond acceptors (Lipinski definition) is 12. The molecule has 4 bridgehead atoms. The fourth-order valence-corrected chi connectivity index (χ4v) is 7.24. The maximum Gasteiger partial charge on any atom is 0.252 e. The first-order valence-corrected chi connectivity index (χ1v) is 21.6. The largest absolute Gasteiger partial charge is 0.494 e. The number of hydrogen-bond donors (Lipinski definition) is 7. The van der Waals surface area contributed by atoms with Crippen LogP contribution in [0.2, 0.25) is 0 Å². The lowest BCUT2D eigenvalue weighted by Crippen LogP contribution is -2.56. The first-order chi connectivity index (χ1) is 30.4. The van der Waals surface area contributed by atoms with Crippen LogP contribution >= 0.6 is 0 Å². The number of carbonyl (C=O) groups excluding carboxylic acids is 5. The monoisotopic (exact) mass is 869 g/mol. The molecule has 4 atom stereocenters. The fourth-order valence-electron chi connectivity index (χ4n) is 7.24. The van der Waals surface area contributed by atoms with Gasteiger partial charge >= 0.3 is 0 Å². The van der Waals surface area contributed by atoms with E-state index in [1.807, 2.05) is 6.07 Å². The van der Waals surface area contributed by atoms with Gasteiger partial charge in [0.05, 0.1) is 12.7 Å². The molecule has 3 aromatic carbocycles. The predicted octanol–water partition coefficient (Wildman–Crippen LogP) is 2.52. The van der Waals surface area contributed by atoms with E-state index in [9.17, 15) is 24.0 Å². The van der Waals surface area contributed by atoms with Crippen molar-refractivity contribution in [3.8, 4) is 34.4 Å². The van der Waals surface area contributed by atoms with Gasteiger partial charge in [0.2, 0.25) is 23.6 Å². The first kappa shape index (κ1) is 49.4. The van der Waals surface area contributed by atoms with Crippen LogP contribution in [0.3, 0.4) is 0 Å². The Kier molecular flexibility index (Phi) is 19.6. The summed E-state index contributed by atoms with van der Waals surface area (Å²) in [6.45, 7) is 6.41. The topological polar surface area (TPSA) is 266 Å². The fraction of sp³-hybridized carbons (Fsp3) is 0.478. The predicted molar refractivity (Wildman–Crippen MR) is 239 cm³/mol. The number of nitrogens with zero attached hydrogens (tertiary/aromatic N) is 2. The minimum atomic E-state index is -1.37. The van der Waals surface area contributed by atoms with E-state index in [0.29, 0.717) is 57.2 Å². The zero-order chi connectivity index (χ0) is 45.9. The van der Waals surface area contributed by atoms with Gasteiger partial charge in [-0.05, 0) is 92.4 Å². The molecule has 17 nitrogen and oxygen atoms in total. The molecule has 340 valence electrons. The van der Waals surface area contributed by atoms with Crippen molar-refractivity contribution in [1.82, 2.24) is 26.2 Å². The summed E-state index contributed by atoms with van der Waals surface area (Å²) in [6, 6.07) is 12.4. The van der Waals surface area contributed by atoms with Crippen molar-refractivity contribution in [2.24, 2.45) is 17.2 Å². The van der Waals surface area contributed by atoms with Crippen LogP contribution in [0.25, 0.3) is 11.1 Å². The highest BCUT2D eigenvalue weighted by Crippen LogP contribution is 2.40. The number of fused-ring (bicyclic) bond motifs is 5. The third-order valence-corrected chi connectivity index (χ3v) is 10.6. The molecule has 10 N–H and O–H groups in total. The van der Waals surface area contributed by atoms with E-state index in [1.54, 1.807) is 61.5 Å². The number of unbranched alkanes of at least 4 members (excludes halogenated alkanes) is 4. The second kappa shape index (κ2) is 25.0. The number of nitrogens with two attached hydrogens (primary N) is 3. The van der Waals surface area contributed by atoms with Gasteiger partial charge in [-0.1, -0.05) is 44.7 Å². The van der Waals surface area contributed by atoms with Gasteiger partial charge in [-0.15, -0.1) is 0 Å². The van der Waals surface area contributed by atoms with Crippen molar-refractivity contribution in [2.75, 3.05) is 53.0 Å². The molecule has 17 heteroatoms. The van der Waals surface area contributed by atoms with Gasteiger partial charge in [0.1, 0.15) is 61.2 Å². The molecule has 1 aliphatic rings. The van der Waals surface area contributed by atoms with Crippen molar-refractivity contribution in [1.29, 1.82) is 5.26 Å². The number of nitrogens with one attached hydrogen (secondary N) is 4. The number of likely N-dealkylation sites (N-methyl/N-ethyl adjacent to an activating group) is 1. The molecule has 1 heterocycles. The minimum Gasteiger partial charge on any atom is -0.494 e. The SMILES string of the molecule is CCCCCCCOc1ccc(C(=O)N[C@@H](CCN)C(=O)N(C)[C@@H]2C(=O)N[C@@H](C)C(=O)N[C@H](C(=O)NCC#N)Cc3ccc(OCCN)c(c3)-c3cc2ccc3OCCN)c(C)c1. The number of rotatable bonds is 21. The molecule has 4 rings (SSSR count). The van der Waals surface area contributed by atoms with Crippen LogP contribution in [-0.2, 0) is 25.6 Å². The Morgan fingerprint density at radius 2 is 1.54 bits per heavy atom. The summed E-state index contributed by atoms with van der Waals surface area (Å²) in [7, 11) is 1.43. The quantitative estimate of drug-likeness (QED) is 0.0602. The van der Waals surface area contributed by atoms with E-state index < -0.39 is 53.7 Å². The van der Waals surface area contributed by atoms with Gasteiger partial charge in [0.25, 0.3) is 5.91 Å². The van der Waals surface area contributed by atoms with Gasteiger partial charge in [0, 0.05) is 43.2 Å². The molecule has 3 aromatic rings. The summed E-state index contributed by atoms with van der Waals surface area (Å²) in [4.78, 5) is 71.1. The van der Waals surface area contributed by atoms with Crippen molar-refractivity contribution >= 4 is 29.5 Å². The van der Waals surface area contributed by atoms with Crippen LogP contribution in [0.15, 0.2) is 54.6 Å². The third kappa shape index (κ3) is 13.9. The summed E-state index contributed by atoms with van der Waals surface area (Å²) in [5, 5.41) is 19.9. The third-order valence-electron chi connectivity index (χ3n) is 10.6. The summed E-state index contributed by atoms with van der Waals surface area (Å²) >= 11 is 0. The molecule has 1 aliphatic heterocycles. The molecule has 0 saturated heterocycles. The van der Waals surface area contributed by atoms with Crippen LogP contribution in [0.5, 0.6) is 17.2 Å². The summed E-state index contributed by atoms with van der Waals surface area (Å²) in [5.74, 6) is -1.75. The van der Waals surface area contributed by atoms with Gasteiger partial charge < -0.3 is 57.6 Å². The van der Waals surface area contributed by atoms with Crippen molar-refractivity contribution < 1.29 is 38.2 Å². The Hall–Kier alpha value is -6.22. The Bertz CT molecular complexity index is 2090. The number of carbonyl (C=O) groups is 5. The van der Waals surface area contributed by atoms with E-state index in [-0.39, 0.29) is 52.2 Å². The highest BCUT2D eigenvalue weighted by Gasteiger charge is 2.36. The van der Waals surface area contributed by atoms with E-state index >= 15 is 0 Å². The molecule has 0 unspecified atom stereocenters. The number of nitriles is 1. The zero-order valence-corrected chi connectivity index (χ0v) is 36.8. The van der Waals surface area contributed by atoms with Crippen molar-refractivity contribution in [2.45, 2.75) is 89.9 Å². The molecular formula is C46H63N9O8. The zero-order valence-electron chi connectivity index (χ0n) is 36.8. The molecule has 0 radical (unpaired) electrons. The van der Waals surface area contributed by atoms with E-state index in [2.05, 4.69) is 28.2 Å². The maximum absolute atomic E-state index is 14.6. The molecule has 0 spiro atoms. The smallest absolute Gasteiger partial charge is 0.252 e. The lowest BCUT2D eigenvalue weighted by atomic mass is 9.93. The molecular weight excluding hydrogens is 807 g/mol. The van der Waals surface area contributed by atoms with E-state index in [4.69, 9.17) is 36.7 Å². The van der Waals surface area contributed by atoms with Gasteiger partial charge in [0.15, 0.2) is 0 Å². The second-order valence-electron chi connectivity index (χ2n) is 15.4. The number of aryl methyl sites for hydroxylation is 1. The highest BCUT2D eigenvalue weighted by atomic mass is 16.5. The number of benzene rings is 3. The van der Waals surface area contributed by atoms with Gasteiger partial charge in [-0.3, -0.25) is 24.0 Å². The lowest BCUT2D eigenvalue weighted by molar-refractivity contribution is -0.141. The average molecular weight is 870 g/mol. The second-order valence-corrected chi connectivity index (χ2v) is 15.4. The average Bonchev–Trinajstić information content (AvgIpc) is 3.27. The van der Waals surface area contributed by atoms with Crippen molar-refractivity contribution in [3.05, 3.63) is 76.9 Å². The van der Waals surface area contributed by atoms with Crippen LogP contribution in [-0.4, -0.2) is 106 Å². The molecule has 63 heavy (non-hydrogen) atoms. The molecule has 0 saturated carbocycles. The summed E-state index contributed by atoms with van der Waals surface area (Å²) in [6.07, 6.45) is 5.56. The van der Waals surface area contributed by atoms with Gasteiger partial charge in [-0.25, -0.2) is 0 Å². The highest BCUT2D eigenvalue weighted by molar-refractivity contribution is 6.00. The van der Waals surface area contributed by atoms with Gasteiger partial charge in [-0.2, -0.15) is 5.26 Å². The standard InChI is InChI=1S/C46H63N9O8/c1-5-6-7-8-9-22-61-33-12-13-34(29(2)25-33)43(57)53-37(16-17-47)46(60)55(4)41-32-11-15-40(63-24-20-50)36(28-32)35-26-31(10-14-39(35)62-23-19-49)27-38(44(58)51-21-18-48)54-42(56)30(3)52-45(41)59/h10-15,25-26,28,30,37-38,41H,5-9,16-17,19-24,27,47,49-50H2,1-4H3,(H,51,58)(H,52,59)(H,53,57)(H,54,56)/t30-,37-,38-,41-/m0/s1. The first-order valence-electron chi connectivity index (χ1n) is 21.6. The Labute approximate surface area is 369 Å². The Morgan fingerprint density at radius 3 is 2.19 bits per heavy atom. The van der Waals surface area contributed by atoms with Crippen LogP contribution in [0.4, 0.5) is 0 Å². The molecule has 0 aliphatic carbocycles. The minimum absolute atomic E-state index is 0.0112. The normalized spacial score (nSPS) is 16.6. The van der Waals surface area contributed by atoms with Crippen LogP contribution < -0.4 is 52.7 Å². The maximum atomic E-state index is 14.6. The lowest BCUT2D eigenvalue weighted by Gasteiger charge is -2.32.